The van der Waals surface area contributed by atoms with Gasteiger partial charge in [0.25, 0.3) is 0 Å². The van der Waals surface area contributed by atoms with E-state index in [4.69, 9.17) is 10.8 Å². The molecule has 1 amide bonds. The number of carbonyl (C=O) groups excluding carboxylic acids is 1. The molecule has 0 saturated carbocycles. The first kappa shape index (κ1) is 16.2. The number of amides is 1. The number of aliphatic carboxylic acids is 1. The van der Waals surface area contributed by atoms with Gasteiger partial charge in [-0.3, -0.25) is 4.79 Å². The van der Waals surface area contributed by atoms with E-state index in [0.717, 1.165) is 5.75 Å². The third-order valence-electron chi connectivity index (χ3n) is 2.75. The van der Waals surface area contributed by atoms with Gasteiger partial charge in [0.15, 0.2) is 0 Å². The summed E-state index contributed by atoms with van der Waals surface area (Å²) in [6, 6.07) is -1.49. The fourth-order valence-electron chi connectivity index (χ4n) is 1.32. The van der Waals surface area contributed by atoms with Crippen LogP contribution in [0.5, 0.6) is 0 Å². The fourth-order valence-corrected chi connectivity index (χ4v) is 1.81. The molecule has 0 aromatic rings. The van der Waals surface area contributed by atoms with Crippen molar-refractivity contribution >= 4 is 23.6 Å². The van der Waals surface area contributed by atoms with Gasteiger partial charge in [-0.05, 0) is 24.3 Å². The summed E-state index contributed by atoms with van der Waals surface area (Å²) in [7, 11) is 0. The van der Waals surface area contributed by atoms with Crippen molar-refractivity contribution in [2.75, 3.05) is 12.0 Å². The predicted molar refractivity (Wildman–Crippen MR) is 70.0 cm³/mol. The number of rotatable bonds is 8. The summed E-state index contributed by atoms with van der Waals surface area (Å²) in [6.45, 7) is 3.69. The normalized spacial score (nSPS) is 16.0. The second-order valence-electron chi connectivity index (χ2n) is 4.10. The highest BCUT2D eigenvalue weighted by atomic mass is 32.2. The molecule has 5 nitrogen and oxygen atoms in total. The molecule has 17 heavy (non-hydrogen) atoms. The standard InChI is InChI=1S/C11H22N2O3S/c1-4-7(2)9(11(15)16)13-10(14)8(12)5-6-17-3/h7-9H,4-6,12H2,1-3H3,(H,13,14)(H,15,16)/t7?,8-,9+/m1/s1. The number of carboxylic acids is 1. The average Bonchev–Trinajstić information content (AvgIpc) is 2.31. The number of nitrogens with one attached hydrogen (secondary N) is 1. The van der Waals surface area contributed by atoms with Gasteiger partial charge in [-0.1, -0.05) is 20.3 Å². The van der Waals surface area contributed by atoms with E-state index in [1.165, 1.54) is 0 Å². The van der Waals surface area contributed by atoms with Gasteiger partial charge >= 0.3 is 5.97 Å². The number of thioether (sulfide) groups is 1. The molecule has 0 radical (unpaired) electrons. The van der Waals surface area contributed by atoms with Gasteiger partial charge in [0, 0.05) is 0 Å². The summed E-state index contributed by atoms with van der Waals surface area (Å²) in [5.74, 6) is -0.712. The van der Waals surface area contributed by atoms with Crippen molar-refractivity contribution in [1.29, 1.82) is 0 Å². The molecule has 3 atom stereocenters. The van der Waals surface area contributed by atoms with E-state index in [1.807, 2.05) is 13.2 Å². The minimum Gasteiger partial charge on any atom is -0.480 e. The Kier molecular flexibility index (Phi) is 7.99. The summed E-state index contributed by atoms with van der Waals surface area (Å²) in [4.78, 5) is 22.7. The third kappa shape index (κ3) is 5.93. The number of carbonyl (C=O) groups is 2. The average molecular weight is 262 g/mol. The first-order chi connectivity index (χ1) is 7.93. The van der Waals surface area contributed by atoms with Crippen LogP contribution in [0.1, 0.15) is 26.7 Å². The molecule has 0 heterocycles. The highest BCUT2D eigenvalue weighted by molar-refractivity contribution is 7.98. The van der Waals surface area contributed by atoms with E-state index >= 15 is 0 Å². The molecule has 0 aromatic heterocycles. The predicted octanol–water partition coefficient (Wildman–Crippen LogP) is 0.682. The Bertz CT molecular complexity index is 261. The van der Waals surface area contributed by atoms with Crippen LogP contribution in [0, 0.1) is 5.92 Å². The number of nitrogens with two attached hydrogens (primary N) is 1. The molecule has 100 valence electrons. The highest BCUT2D eigenvalue weighted by Crippen LogP contribution is 2.08. The maximum Gasteiger partial charge on any atom is 0.326 e. The lowest BCUT2D eigenvalue weighted by Crippen LogP contribution is -2.51. The molecular weight excluding hydrogens is 240 g/mol. The highest BCUT2D eigenvalue weighted by Gasteiger charge is 2.27. The molecule has 0 aromatic carbocycles. The molecule has 0 aliphatic rings. The lowest BCUT2D eigenvalue weighted by atomic mass is 9.99. The van der Waals surface area contributed by atoms with Gasteiger partial charge in [-0.15, -0.1) is 0 Å². The van der Waals surface area contributed by atoms with E-state index in [1.54, 1.807) is 18.7 Å². The molecule has 1 unspecified atom stereocenters. The van der Waals surface area contributed by atoms with Crippen LogP contribution in [0.15, 0.2) is 0 Å². The van der Waals surface area contributed by atoms with Crippen molar-refractivity contribution in [3.8, 4) is 0 Å². The van der Waals surface area contributed by atoms with Crippen LogP contribution in [0.2, 0.25) is 0 Å². The fraction of sp³-hybridized carbons (Fsp3) is 0.818. The first-order valence-corrected chi connectivity index (χ1v) is 7.11. The number of hydrogen-bond acceptors (Lipinski definition) is 4. The van der Waals surface area contributed by atoms with Crippen LogP contribution in [-0.2, 0) is 9.59 Å². The van der Waals surface area contributed by atoms with Crippen molar-refractivity contribution in [2.24, 2.45) is 11.7 Å². The van der Waals surface area contributed by atoms with Crippen molar-refractivity contribution in [1.82, 2.24) is 5.32 Å². The Labute approximate surface area is 107 Å². The van der Waals surface area contributed by atoms with E-state index in [-0.39, 0.29) is 11.8 Å². The Morgan fingerprint density at radius 1 is 1.47 bits per heavy atom. The monoisotopic (exact) mass is 262 g/mol. The quantitative estimate of drug-likeness (QED) is 0.598. The zero-order chi connectivity index (χ0) is 13.4. The zero-order valence-electron chi connectivity index (χ0n) is 10.6. The lowest BCUT2D eigenvalue weighted by molar-refractivity contribution is -0.143. The minimum atomic E-state index is -1.01. The molecule has 0 saturated heterocycles. The van der Waals surface area contributed by atoms with Crippen LogP contribution < -0.4 is 11.1 Å². The number of carboxylic acid groups (broad SMARTS) is 1. The Hall–Kier alpha value is -0.750. The van der Waals surface area contributed by atoms with Gasteiger partial charge in [0.2, 0.25) is 5.91 Å². The van der Waals surface area contributed by atoms with Gasteiger partial charge < -0.3 is 16.2 Å². The van der Waals surface area contributed by atoms with E-state index in [2.05, 4.69) is 5.32 Å². The molecule has 0 aliphatic carbocycles. The smallest absolute Gasteiger partial charge is 0.326 e. The largest absolute Gasteiger partial charge is 0.480 e. The Balaban J connectivity index is 4.35. The summed E-state index contributed by atoms with van der Waals surface area (Å²) < 4.78 is 0. The lowest BCUT2D eigenvalue weighted by Gasteiger charge is -2.22. The Morgan fingerprint density at radius 3 is 2.47 bits per heavy atom. The van der Waals surface area contributed by atoms with Crippen molar-refractivity contribution in [2.45, 2.75) is 38.8 Å². The van der Waals surface area contributed by atoms with Crippen molar-refractivity contribution < 1.29 is 14.7 Å². The zero-order valence-corrected chi connectivity index (χ0v) is 11.4. The van der Waals surface area contributed by atoms with Crippen molar-refractivity contribution in [3.63, 3.8) is 0 Å². The third-order valence-corrected chi connectivity index (χ3v) is 3.39. The molecule has 6 heteroatoms. The maximum absolute atomic E-state index is 11.7. The van der Waals surface area contributed by atoms with Crippen LogP contribution >= 0.6 is 11.8 Å². The van der Waals surface area contributed by atoms with E-state index in [0.29, 0.717) is 12.8 Å². The molecular formula is C11H22N2O3S. The second kappa shape index (κ2) is 8.36. The number of hydrogen-bond donors (Lipinski definition) is 3. The summed E-state index contributed by atoms with van der Waals surface area (Å²) in [6.07, 6.45) is 3.18. The molecule has 0 aliphatic heterocycles. The summed E-state index contributed by atoms with van der Waals surface area (Å²) in [5.41, 5.74) is 5.68. The van der Waals surface area contributed by atoms with Gasteiger partial charge in [0.05, 0.1) is 6.04 Å². The SMILES string of the molecule is CCC(C)[C@H](NC(=O)[C@H](N)CCSC)C(=O)O. The first-order valence-electron chi connectivity index (χ1n) is 5.71. The molecule has 0 rings (SSSR count). The van der Waals surface area contributed by atoms with Gasteiger partial charge in [0.1, 0.15) is 6.04 Å². The van der Waals surface area contributed by atoms with E-state index < -0.39 is 18.1 Å². The molecule has 4 N–H and O–H groups in total. The topological polar surface area (TPSA) is 92.4 Å². The van der Waals surface area contributed by atoms with Crippen LogP contribution in [0.25, 0.3) is 0 Å². The molecule has 0 bridgehead atoms. The Morgan fingerprint density at radius 2 is 2.06 bits per heavy atom. The summed E-state index contributed by atoms with van der Waals surface area (Å²) in [5, 5.41) is 11.5. The second-order valence-corrected chi connectivity index (χ2v) is 5.08. The van der Waals surface area contributed by atoms with Gasteiger partial charge in [-0.25, -0.2) is 4.79 Å². The van der Waals surface area contributed by atoms with Gasteiger partial charge in [-0.2, -0.15) is 11.8 Å². The molecule has 0 fully saturated rings. The minimum absolute atomic E-state index is 0.107. The molecule has 0 spiro atoms. The van der Waals surface area contributed by atoms with Crippen LogP contribution in [0.3, 0.4) is 0 Å². The van der Waals surface area contributed by atoms with Crippen LogP contribution in [0.4, 0.5) is 0 Å². The van der Waals surface area contributed by atoms with Crippen molar-refractivity contribution in [3.05, 3.63) is 0 Å². The van der Waals surface area contributed by atoms with Crippen LogP contribution in [-0.4, -0.2) is 41.1 Å². The van der Waals surface area contributed by atoms with E-state index in [9.17, 15) is 9.59 Å². The maximum atomic E-state index is 11.7. The summed E-state index contributed by atoms with van der Waals surface area (Å²) >= 11 is 1.61.